The smallest absolute Gasteiger partial charge is 0.191 e. The Morgan fingerprint density at radius 1 is 1.23 bits per heavy atom. The van der Waals surface area contributed by atoms with Gasteiger partial charge in [-0.05, 0) is 44.2 Å². The fourth-order valence-corrected chi connectivity index (χ4v) is 4.02. The number of anilines is 1. The molecule has 1 aromatic heterocycles. The highest BCUT2D eigenvalue weighted by molar-refractivity contribution is 5.79. The molecule has 1 aromatic rings. The molecule has 2 fully saturated rings. The van der Waals surface area contributed by atoms with E-state index in [1.54, 1.807) is 0 Å². The molecule has 31 heavy (non-hydrogen) atoms. The van der Waals surface area contributed by atoms with Crippen molar-refractivity contribution in [1.29, 1.82) is 0 Å². The summed E-state index contributed by atoms with van der Waals surface area (Å²) >= 11 is 0. The number of aliphatic imine (C=N–C) groups is 1. The summed E-state index contributed by atoms with van der Waals surface area (Å²) in [5.74, 6) is 2.58. The Morgan fingerprint density at radius 3 is 2.61 bits per heavy atom. The topological polar surface area (TPSA) is 85.2 Å². The number of hydrogen-bond acceptors (Lipinski definition) is 6. The third kappa shape index (κ3) is 7.94. The Hall–Kier alpha value is -1.90. The molecular formula is C23H40N6O2. The Bertz CT molecular complexity index is 680. The minimum Gasteiger partial charge on any atom is -0.387 e. The second-order valence-corrected chi connectivity index (χ2v) is 9.13. The lowest BCUT2D eigenvalue weighted by molar-refractivity contribution is -0.0201. The molecule has 2 aliphatic rings. The number of nitrogens with one attached hydrogen (secondary N) is 2. The summed E-state index contributed by atoms with van der Waals surface area (Å²) in [6, 6.07) is 4.22. The van der Waals surface area contributed by atoms with Gasteiger partial charge in [-0.25, -0.2) is 9.98 Å². The minimum atomic E-state index is -0.845. The molecule has 2 aliphatic heterocycles. The Morgan fingerprint density at radius 2 is 1.97 bits per heavy atom. The Kier molecular flexibility index (Phi) is 8.92. The first kappa shape index (κ1) is 23.8. The maximum absolute atomic E-state index is 10.8. The summed E-state index contributed by atoms with van der Waals surface area (Å²) in [4.78, 5) is 14.0. The fourth-order valence-electron chi connectivity index (χ4n) is 4.02. The molecule has 0 radical (unpaired) electrons. The lowest BCUT2D eigenvalue weighted by Gasteiger charge is -2.34. The highest BCUT2D eigenvalue weighted by atomic mass is 16.5. The normalized spacial score (nSPS) is 21.0. The van der Waals surface area contributed by atoms with E-state index in [1.807, 2.05) is 20.0 Å². The molecule has 174 valence electrons. The molecule has 0 amide bonds. The number of nitrogens with zero attached hydrogens (tertiary/aromatic N) is 4. The third-order valence-corrected chi connectivity index (χ3v) is 5.99. The van der Waals surface area contributed by atoms with Crippen LogP contribution in [0.5, 0.6) is 0 Å². The lowest BCUT2D eigenvalue weighted by Crippen LogP contribution is -2.52. The van der Waals surface area contributed by atoms with E-state index in [-0.39, 0.29) is 0 Å². The summed E-state index contributed by atoms with van der Waals surface area (Å²) < 4.78 is 5.39. The molecule has 3 rings (SSSR count). The first-order chi connectivity index (χ1) is 14.9. The van der Waals surface area contributed by atoms with E-state index < -0.39 is 5.60 Å². The molecule has 2 saturated heterocycles. The van der Waals surface area contributed by atoms with Crippen molar-refractivity contribution in [2.75, 3.05) is 63.9 Å². The van der Waals surface area contributed by atoms with Gasteiger partial charge in [0.1, 0.15) is 5.82 Å². The minimum absolute atomic E-state index is 0.431. The van der Waals surface area contributed by atoms with Crippen molar-refractivity contribution in [1.82, 2.24) is 20.5 Å². The van der Waals surface area contributed by atoms with E-state index in [1.165, 1.54) is 12.8 Å². The molecule has 8 nitrogen and oxygen atoms in total. The summed E-state index contributed by atoms with van der Waals surface area (Å²) in [5.41, 5.74) is 0.231. The monoisotopic (exact) mass is 432 g/mol. The molecule has 1 atom stereocenters. The molecule has 8 heteroatoms. The van der Waals surface area contributed by atoms with Gasteiger partial charge in [0.2, 0.25) is 0 Å². The van der Waals surface area contributed by atoms with Gasteiger partial charge in [0, 0.05) is 52.0 Å². The maximum atomic E-state index is 10.8. The van der Waals surface area contributed by atoms with Crippen LogP contribution in [0.3, 0.4) is 0 Å². The average molecular weight is 433 g/mol. The van der Waals surface area contributed by atoms with Crippen LogP contribution in [-0.4, -0.2) is 85.6 Å². The highest BCUT2D eigenvalue weighted by Crippen LogP contribution is 2.21. The largest absolute Gasteiger partial charge is 0.387 e. The number of β-amino-alcohol motifs (C(OH)–C–C–N with tert-alkyl or cyclic N) is 1. The van der Waals surface area contributed by atoms with Crippen molar-refractivity contribution in [2.24, 2.45) is 10.9 Å². The van der Waals surface area contributed by atoms with Crippen molar-refractivity contribution in [3.05, 3.63) is 23.9 Å². The van der Waals surface area contributed by atoms with Crippen LogP contribution in [0.2, 0.25) is 0 Å². The van der Waals surface area contributed by atoms with Crippen LogP contribution in [0.15, 0.2) is 23.3 Å². The maximum Gasteiger partial charge on any atom is 0.191 e. The van der Waals surface area contributed by atoms with E-state index in [0.29, 0.717) is 25.6 Å². The van der Waals surface area contributed by atoms with Crippen LogP contribution in [0.4, 0.5) is 5.82 Å². The van der Waals surface area contributed by atoms with E-state index in [0.717, 1.165) is 63.2 Å². The number of rotatable bonds is 8. The van der Waals surface area contributed by atoms with Crippen LogP contribution in [-0.2, 0) is 11.3 Å². The molecule has 3 N–H and O–H groups in total. The Labute approximate surface area is 187 Å². The summed E-state index contributed by atoms with van der Waals surface area (Å²) in [6.45, 7) is 14.0. The van der Waals surface area contributed by atoms with Gasteiger partial charge < -0.3 is 25.4 Å². The predicted molar refractivity (Wildman–Crippen MR) is 126 cm³/mol. The van der Waals surface area contributed by atoms with Crippen molar-refractivity contribution in [3.63, 3.8) is 0 Å². The van der Waals surface area contributed by atoms with E-state index >= 15 is 0 Å². The van der Waals surface area contributed by atoms with Crippen LogP contribution < -0.4 is 15.5 Å². The van der Waals surface area contributed by atoms with Crippen LogP contribution in [0.1, 0.15) is 39.2 Å². The van der Waals surface area contributed by atoms with Gasteiger partial charge in [0.25, 0.3) is 0 Å². The average Bonchev–Trinajstić information content (AvgIpc) is 2.77. The van der Waals surface area contributed by atoms with Crippen LogP contribution >= 0.6 is 0 Å². The van der Waals surface area contributed by atoms with Gasteiger partial charge in [-0.2, -0.15) is 0 Å². The second kappa shape index (κ2) is 11.6. The van der Waals surface area contributed by atoms with Gasteiger partial charge in [0.05, 0.1) is 25.4 Å². The molecular weight excluding hydrogens is 392 g/mol. The van der Waals surface area contributed by atoms with Gasteiger partial charge in [0.15, 0.2) is 5.96 Å². The summed E-state index contributed by atoms with van der Waals surface area (Å²) in [7, 11) is 0. The van der Waals surface area contributed by atoms with Crippen molar-refractivity contribution >= 4 is 11.8 Å². The lowest BCUT2D eigenvalue weighted by atomic mass is 9.99. The first-order valence-corrected chi connectivity index (χ1v) is 11.7. The zero-order valence-electron chi connectivity index (χ0n) is 19.4. The number of morpholine rings is 1. The quantitative estimate of drug-likeness (QED) is 0.424. The number of ether oxygens (including phenoxy) is 1. The zero-order valence-corrected chi connectivity index (χ0v) is 19.4. The molecule has 3 heterocycles. The molecule has 0 aromatic carbocycles. The van der Waals surface area contributed by atoms with Crippen LogP contribution in [0.25, 0.3) is 0 Å². The summed E-state index contributed by atoms with van der Waals surface area (Å²) in [6.07, 6.45) is 4.40. The number of hydrogen-bond donors (Lipinski definition) is 3. The van der Waals surface area contributed by atoms with E-state index in [2.05, 4.69) is 49.5 Å². The molecule has 0 aliphatic carbocycles. The highest BCUT2D eigenvalue weighted by Gasteiger charge is 2.25. The SMILES string of the molecule is CCNC(=NCc1ccc(N2CCC(C)CC2)nc1)NCC(C)(O)CN1CCOCC1. The number of aromatic nitrogens is 1. The zero-order chi connectivity index (χ0) is 22.1. The molecule has 1 unspecified atom stereocenters. The molecule has 0 bridgehead atoms. The van der Waals surface area contributed by atoms with Crippen molar-refractivity contribution < 1.29 is 9.84 Å². The second-order valence-electron chi connectivity index (χ2n) is 9.13. The van der Waals surface area contributed by atoms with Gasteiger partial charge in [-0.3, -0.25) is 4.90 Å². The third-order valence-electron chi connectivity index (χ3n) is 5.99. The fraction of sp³-hybridized carbons (Fsp3) is 0.739. The predicted octanol–water partition coefficient (Wildman–Crippen LogP) is 1.46. The van der Waals surface area contributed by atoms with Gasteiger partial charge in [-0.15, -0.1) is 0 Å². The van der Waals surface area contributed by atoms with Gasteiger partial charge >= 0.3 is 0 Å². The van der Waals surface area contributed by atoms with Crippen molar-refractivity contribution in [2.45, 2.75) is 45.8 Å². The van der Waals surface area contributed by atoms with E-state index in [4.69, 9.17) is 4.74 Å². The first-order valence-electron chi connectivity index (χ1n) is 11.7. The number of guanidine groups is 1. The number of pyridine rings is 1. The van der Waals surface area contributed by atoms with Gasteiger partial charge in [-0.1, -0.05) is 13.0 Å². The number of aliphatic hydroxyl groups is 1. The van der Waals surface area contributed by atoms with Crippen molar-refractivity contribution in [3.8, 4) is 0 Å². The summed E-state index contributed by atoms with van der Waals surface area (Å²) in [5, 5.41) is 17.3. The Balaban J connectivity index is 1.50. The molecule has 0 spiro atoms. The number of piperidine rings is 1. The van der Waals surface area contributed by atoms with E-state index in [9.17, 15) is 5.11 Å². The van der Waals surface area contributed by atoms with Crippen LogP contribution in [0, 0.1) is 5.92 Å². The molecule has 0 saturated carbocycles. The standard InChI is InChI=1S/C23H40N6O2/c1-4-24-22(27-17-23(3,30)18-28-11-13-31-14-12-28)26-16-20-5-6-21(25-15-20)29-9-7-19(2)8-10-29/h5-6,15,19,30H,4,7-14,16-18H2,1-3H3,(H2,24,26,27).